The van der Waals surface area contributed by atoms with Crippen LogP contribution in [0.2, 0.25) is 0 Å². The molecule has 2 rings (SSSR count). The highest BCUT2D eigenvalue weighted by molar-refractivity contribution is 5.70. The number of rotatable bonds is 7. The van der Waals surface area contributed by atoms with E-state index < -0.39 is 5.97 Å². The van der Waals surface area contributed by atoms with Crippen LogP contribution in [0.4, 0.5) is 0 Å². The van der Waals surface area contributed by atoms with E-state index in [0.717, 1.165) is 23.2 Å². The summed E-state index contributed by atoms with van der Waals surface area (Å²) in [5.41, 5.74) is 3.01. The Bertz CT molecular complexity index is 579. The van der Waals surface area contributed by atoms with Crippen molar-refractivity contribution in [1.82, 2.24) is 10.3 Å². The average molecular weight is 286 g/mol. The summed E-state index contributed by atoms with van der Waals surface area (Å²) in [6.07, 6.45) is 1.84. The fourth-order valence-corrected chi connectivity index (χ4v) is 1.94. The van der Waals surface area contributed by atoms with E-state index in [1.807, 2.05) is 36.4 Å². The molecule has 0 aliphatic carbocycles. The molecule has 0 radical (unpaired) electrons. The van der Waals surface area contributed by atoms with E-state index in [0.29, 0.717) is 12.4 Å². The van der Waals surface area contributed by atoms with Gasteiger partial charge in [-0.05, 0) is 16.7 Å². The first-order valence-corrected chi connectivity index (χ1v) is 6.66. The molecule has 0 unspecified atom stereocenters. The number of nitrogens with zero attached hydrogens (tertiary/aromatic N) is 1. The molecule has 0 fully saturated rings. The van der Waals surface area contributed by atoms with E-state index in [9.17, 15) is 4.79 Å². The zero-order valence-electron chi connectivity index (χ0n) is 11.9. The second kappa shape index (κ2) is 7.40. The number of hydrogen-bond acceptors (Lipinski definition) is 4. The lowest BCUT2D eigenvalue weighted by Gasteiger charge is -2.06. The topological polar surface area (TPSA) is 71.5 Å². The van der Waals surface area contributed by atoms with Crippen molar-refractivity contribution < 1.29 is 14.6 Å². The number of aliphatic carboxylic acids is 1. The fourth-order valence-electron chi connectivity index (χ4n) is 1.94. The maximum Gasteiger partial charge on any atom is 0.307 e. The van der Waals surface area contributed by atoms with Gasteiger partial charge in [0.1, 0.15) is 0 Å². The normalized spacial score (nSPS) is 10.3. The van der Waals surface area contributed by atoms with Crippen molar-refractivity contribution in [1.29, 1.82) is 0 Å². The Labute approximate surface area is 123 Å². The van der Waals surface area contributed by atoms with Gasteiger partial charge in [0.2, 0.25) is 5.88 Å². The first kappa shape index (κ1) is 15.0. The lowest BCUT2D eigenvalue weighted by Crippen LogP contribution is -2.13. The first-order valence-electron chi connectivity index (χ1n) is 6.66. The minimum absolute atomic E-state index is 0.0607. The highest BCUT2D eigenvalue weighted by Crippen LogP contribution is 2.08. The molecule has 5 heteroatoms. The predicted octanol–water partition coefficient (Wildman–Crippen LogP) is 2.01. The van der Waals surface area contributed by atoms with Gasteiger partial charge in [-0.15, -0.1) is 0 Å². The smallest absolute Gasteiger partial charge is 0.307 e. The molecule has 0 saturated heterocycles. The van der Waals surface area contributed by atoms with Gasteiger partial charge in [-0.3, -0.25) is 4.79 Å². The summed E-state index contributed by atoms with van der Waals surface area (Å²) >= 11 is 0. The zero-order valence-corrected chi connectivity index (χ0v) is 11.9. The Hall–Kier alpha value is -2.40. The molecule has 0 amide bonds. The Morgan fingerprint density at radius 3 is 2.29 bits per heavy atom. The van der Waals surface area contributed by atoms with Crippen molar-refractivity contribution in [2.75, 3.05) is 7.11 Å². The second-order valence-corrected chi connectivity index (χ2v) is 4.70. The molecule has 110 valence electrons. The van der Waals surface area contributed by atoms with Gasteiger partial charge in [-0.1, -0.05) is 30.3 Å². The molecule has 5 nitrogen and oxygen atoms in total. The summed E-state index contributed by atoms with van der Waals surface area (Å²) in [6, 6.07) is 11.4. The van der Waals surface area contributed by atoms with Gasteiger partial charge in [0, 0.05) is 25.4 Å². The standard InChI is InChI=1S/C16H18N2O3/c1-21-15-7-6-14(11-18-15)10-17-9-13-4-2-12(3-5-13)8-16(19)20/h2-7,11,17H,8-10H2,1H3,(H,19,20). The van der Waals surface area contributed by atoms with E-state index in [4.69, 9.17) is 9.84 Å². The Kier molecular flexibility index (Phi) is 5.29. The van der Waals surface area contributed by atoms with Crippen molar-refractivity contribution in [3.8, 4) is 5.88 Å². The van der Waals surface area contributed by atoms with Crippen molar-refractivity contribution in [3.05, 3.63) is 59.3 Å². The van der Waals surface area contributed by atoms with Gasteiger partial charge < -0.3 is 15.2 Å². The number of methoxy groups -OCH3 is 1. The van der Waals surface area contributed by atoms with Crippen LogP contribution in [-0.4, -0.2) is 23.2 Å². The van der Waals surface area contributed by atoms with Crippen molar-refractivity contribution in [3.63, 3.8) is 0 Å². The number of carbonyl (C=O) groups is 1. The number of benzene rings is 1. The van der Waals surface area contributed by atoms with Crippen LogP contribution in [0.3, 0.4) is 0 Å². The van der Waals surface area contributed by atoms with Crippen LogP contribution in [0.1, 0.15) is 16.7 Å². The first-order chi connectivity index (χ1) is 10.2. The molecule has 0 atom stereocenters. The third kappa shape index (κ3) is 4.89. The molecule has 0 bridgehead atoms. The Morgan fingerprint density at radius 2 is 1.71 bits per heavy atom. The molecular formula is C16H18N2O3. The van der Waals surface area contributed by atoms with E-state index >= 15 is 0 Å². The Balaban J connectivity index is 1.81. The van der Waals surface area contributed by atoms with Crippen LogP contribution in [0, 0.1) is 0 Å². The van der Waals surface area contributed by atoms with Gasteiger partial charge in [0.05, 0.1) is 13.5 Å². The maximum absolute atomic E-state index is 10.6. The van der Waals surface area contributed by atoms with Crippen molar-refractivity contribution >= 4 is 5.97 Å². The van der Waals surface area contributed by atoms with Crippen molar-refractivity contribution in [2.24, 2.45) is 0 Å². The van der Waals surface area contributed by atoms with E-state index in [-0.39, 0.29) is 6.42 Å². The number of ether oxygens (including phenoxy) is 1. The lowest BCUT2D eigenvalue weighted by molar-refractivity contribution is -0.136. The summed E-state index contributed by atoms with van der Waals surface area (Å²) in [6.45, 7) is 1.44. The lowest BCUT2D eigenvalue weighted by atomic mass is 10.1. The molecule has 0 aliphatic rings. The van der Waals surface area contributed by atoms with Crippen LogP contribution in [0.15, 0.2) is 42.6 Å². The third-order valence-corrected chi connectivity index (χ3v) is 3.04. The molecule has 1 aromatic carbocycles. The summed E-state index contributed by atoms with van der Waals surface area (Å²) < 4.78 is 5.01. The van der Waals surface area contributed by atoms with Gasteiger partial charge in [0.25, 0.3) is 0 Å². The highest BCUT2D eigenvalue weighted by Gasteiger charge is 2.00. The molecule has 0 spiro atoms. The highest BCUT2D eigenvalue weighted by atomic mass is 16.5. The quantitative estimate of drug-likeness (QED) is 0.814. The van der Waals surface area contributed by atoms with Crippen LogP contribution in [-0.2, 0) is 24.3 Å². The summed E-state index contributed by atoms with van der Waals surface area (Å²) in [5.74, 6) is -0.208. The minimum atomic E-state index is -0.812. The second-order valence-electron chi connectivity index (χ2n) is 4.70. The average Bonchev–Trinajstić information content (AvgIpc) is 2.49. The zero-order chi connectivity index (χ0) is 15.1. The summed E-state index contributed by atoms with van der Waals surface area (Å²) in [7, 11) is 1.59. The number of carboxylic acid groups (broad SMARTS) is 1. The monoisotopic (exact) mass is 286 g/mol. The SMILES string of the molecule is COc1ccc(CNCc2ccc(CC(=O)O)cc2)cn1. The maximum atomic E-state index is 10.6. The number of pyridine rings is 1. The predicted molar refractivity (Wildman–Crippen MR) is 79.1 cm³/mol. The largest absolute Gasteiger partial charge is 0.481 e. The number of carboxylic acids is 1. The third-order valence-electron chi connectivity index (χ3n) is 3.04. The molecule has 2 aromatic rings. The van der Waals surface area contributed by atoms with Crippen LogP contribution in [0.5, 0.6) is 5.88 Å². The number of hydrogen-bond donors (Lipinski definition) is 2. The van der Waals surface area contributed by atoms with Gasteiger partial charge in [-0.25, -0.2) is 4.98 Å². The molecule has 0 aliphatic heterocycles. The van der Waals surface area contributed by atoms with E-state index in [1.54, 1.807) is 13.3 Å². The van der Waals surface area contributed by atoms with Crippen LogP contribution >= 0.6 is 0 Å². The summed E-state index contributed by atoms with van der Waals surface area (Å²) in [5, 5.41) is 12.0. The molecular weight excluding hydrogens is 268 g/mol. The van der Waals surface area contributed by atoms with Crippen LogP contribution < -0.4 is 10.1 Å². The summed E-state index contributed by atoms with van der Waals surface area (Å²) in [4.78, 5) is 14.7. The van der Waals surface area contributed by atoms with Gasteiger partial charge >= 0.3 is 5.97 Å². The molecule has 2 N–H and O–H groups in total. The molecule has 1 heterocycles. The molecule has 21 heavy (non-hydrogen) atoms. The van der Waals surface area contributed by atoms with Crippen molar-refractivity contribution in [2.45, 2.75) is 19.5 Å². The van der Waals surface area contributed by atoms with E-state index in [1.165, 1.54) is 0 Å². The van der Waals surface area contributed by atoms with Crippen LogP contribution in [0.25, 0.3) is 0 Å². The number of nitrogens with one attached hydrogen (secondary N) is 1. The fraction of sp³-hybridized carbons (Fsp3) is 0.250. The molecule has 1 aromatic heterocycles. The molecule has 0 saturated carbocycles. The minimum Gasteiger partial charge on any atom is -0.481 e. The Morgan fingerprint density at radius 1 is 1.10 bits per heavy atom. The van der Waals surface area contributed by atoms with Gasteiger partial charge in [0.15, 0.2) is 0 Å². The van der Waals surface area contributed by atoms with E-state index in [2.05, 4.69) is 10.3 Å². The number of aromatic nitrogens is 1. The van der Waals surface area contributed by atoms with Gasteiger partial charge in [-0.2, -0.15) is 0 Å².